The lowest BCUT2D eigenvalue weighted by atomic mass is 10.1. The highest BCUT2D eigenvalue weighted by atomic mass is 16.6. The summed E-state index contributed by atoms with van der Waals surface area (Å²) in [6, 6.07) is 7.01. The first-order valence-corrected chi connectivity index (χ1v) is 8.69. The smallest absolute Gasteiger partial charge is 0.408 e. The summed E-state index contributed by atoms with van der Waals surface area (Å²) in [4.78, 5) is 26.6. The lowest BCUT2D eigenvalue weighted by Crippen LogP contribution is -2.53. The van der Waals surface area contributed by atoms with Gasteiger partial charge >= 0.3 is 6.09 Å². The molecule has 25 heavy (non-hydrogen) atoms. The summed E-state index contributed by atoms with van der Waals surface area (Å²) in [5.41, 5.74) is 1.15. The molecule has 0 aliphatic carbocycles. The van der Waals surface area contributed by atoms with E-state index in [1.165, 1.54) is 0 Å². The first-order chi connectivity index (χ1) is 11.7. The van der Waals surface area contributed by atoms with Crippen molar-refractivity contribution in [3.05, 3.63) is 35.4 Å². The average molecular weight is 348 g/mol. The fourth-order valence-electron chi connectivity index (χ4n) is 2.83. The van der Waals surface area contributed by atoms with E-state index in [0.717, 1.165) is 11.1 Å². The normalized spacial score (nSPS) is 16.4. The zero-order valence-corrected chi connectivity index (χ0v) is 15.7. The van der Waals surface area contributed by atoms with E-state index in [4.69, 9.17) is 9.47 Å². The Morgan fingerprint density at radius 3 is 2.60 bits per heavy atom. The van der Waals surface area contributed by atoms with Crippen LogP contribution >= 0.6 is 0 Å². The van der Waals surface area contributed by atoms with Crippen LogP contribution < -0.4 is 5.32 Å². The molecule has 1 N–H and O–H groups in total. The monoisotopic (exact) mass is 348 g/mol. The third-order valence-electron chi connectivity index (χ3n) is 4.13. The van der Waals surface area contributed by atoms with Crippen molar-refractivity contribution >= 4 is 12.0 Å². The molecular weight excluding hydrogens is 320 g/mol. The number of benzene rings is 1. The summed E-state index contributed by atoms with van der Waals surface area (Å²) in [6.45, 7) is 10.6. The van der Waals surface area contributed by atoms with Crippen molar-refractivity contribution in [1.29, 1.82) is 0 Å². The van der Waals surface area contributed by atoms with Crippen LogP contribution in [0, 0.1) is 0 Å². The van der Waals surface area contributed by atoms with Crippen LogP contribution in [0.4, 0.5) is 4.79 Å². The lowest BCUT2D eigenvalue weighted by Gasteiger charge is -2.32. The first-order valence-electron chi connectivity index (χ1n) is 8.69. The van der Waals surface area contributed by atoms with Crippen LogP contribution in [0.3, 0.4) is 0 Å². The Morgan fingerprint density at radius 2 is 2.00 bits per heavy atom. The minimum atomic E-state index is -0.580. The fourth-order valence-corrected chi connectivity index (χ4v) is 2.83. The Balaban J connectivity index is 2.09. The molecule has 0 bridgehead atoms. The molecule has 1 heterocycles. The number of carbonyl (C=O) groups is 2. The number of hydrogen-bond acceptors (Lipinski definition) is 4. The van der Waals surface area contributed by atoms with Crippen LogP contribution in [-0.2, 0) is 16.0 Å². The van der Waals surface area contributed by atoms with Crippen molar-refractivity contribution in [2.75, 3.05) is 13.2 Å². The number of carbonyl (C=O) groups excluding carboxylic acids is 2. The Labute approximate surface area is 149 Å². The van der Waals surface area contributed by atoms with Gasteiger partial charge in [-0.2, -0.15) is 0 Å². The van der Waals surface area contributed by atoms with E-state index in [-0.39, 0.29) is 18.0 Å². The largest absolute Gasteiger partial charge is 0.444 e. The van der Waals surface area contributed by atoms with Crippen LogP contribution in [0.2, 0.25) is 0 Å². The Bertz CT molecular complexity index is 624. The quantitative estimate of drug-likeness (QED) is 0.858. The third-order valence-corrected chi connectivity index (χ3v) is 4.13. The summed E-state index contributed by atoms with van der Waals surface area (Å²) in [5.74, 6) is -0.0180. The van der Waals surface area contributed by atoms with Crippen molar-refractivity contribution < 1.29 is 19.1 Å². The van der Waals surface area contributed by atoms with Gasteiger partial charge in [0.15, 0.2) is 0 Å². The molecular formula is C19H28N2O4. The number of amides is 2. The molecule has 0 saturated heterocycles. The van der Waals surface area contributed by atoms with Crippen molar-refractivity contribution in [2.45, 2.75) is 58.8 Å². The van der Waals surface area contributed by atoms with E-state index >= 15 is 0 Å². The zero-order chi connectivity index (χ0) is 18.6. The molecule has 0 aromatic heterocycles. The maximum Gasteiger partial charge on any atom is 0.408 e. The molecule has 6 heteroatoms. The molecule has 2 rings (SSSR count). The Hall–Kier alpha value is -2.08. The van der Waals surface area contributed by atoms with Crippen molar-refractivity contribution in [3.63, 3.8) is 0 Å². The van der Waals surface area contributed by atoms with Gasteiger partial charge in [0.1, 0.15) is 5.60 Å². The maximum absolute atomic E-state index is 12.7. The molecule has 0 unspecified atom stereocenters. The molecule has 138 valence electrons. The number of nitrogens with zero attached hydrogens (tertiary/aromatic N) is 1. The van der Waals surface area contributed by atoms with Crippen LogP contribution in [0.25, 0.3) is 0 Å². The highest BCUT2D eigenvalue weighted by Gasteiger charge is 2.35. The van der Waals surface area contributed by atoms with Gasteiger partial charge in [0.2, 0.25) is 0 Å². The Kier molecular flexibility index (Phi) is 6.06. The minimum absolute atomic E-state index is 0.0180. The second kappa shape index (κ2) is 7.87. The van der Waals surface area contributed by atoms with E-state index in [1.807, 2.05) is 58.9 Å². The second-order valence-corrected chi connectivity index (χ2v) is 7.24. The number of ether oxygens (including phenoxy) is 2. The highest BCUT2D eigenvalue weighted by Crippen LogP contribution is 2.25. The van der Waals surface area contributed by atoms with Crippen molar-refractivity contribution in [2.24, 2.45) is 0 Å². The highest BCUT2D eigenvalue weighted by molar-refractivity contribution is 5.98. The molecule has 0 radical (unpaired) electrons. The molecule has 1 aliphatic rings. The van der Waals surface area contributed by atoms with Crippen LogP contribution in [0.1, 0.15) is 50.5 Å². The molecule has 1 aromatic carbocycles. The van der Waals surface area contributed by atoms with E-state index < -0.39 is 11.7 Å². The van der Waals surface area contributed by atoms with E-state index in [0.29, 0.717) is 19.8 Å². The van der Waals surface area contributed by atoms with Gasteiger partial charge in [-0.15, -0.1) is 0 Å². The van der Waals surface area contributed by atoms with Gasteiger partial charge in [-0.25, -0.2) is 4.79 Å². The van der Waals surface area contributed by atoms with E-state index in [9.17, 15) is 9.59 Å². The second-order valence-electron chi connectivity index (χ2n) is 7.24. The number of alkyl carbamates (subject to hydrolysis) is 1. The van der Waals surface area contributed by atoms with Crippen LogP contribution in [0.5, 0.6) is 0 Å². The van der Waals surface area contributed by atoms with Crippen molar-refractivity contribution in [1.82, 2.24) is 10.2 Å². The lowest BCUT2D eigenvalue weighted by molar-refractivity contribution is 0.0329. The predicted octanol–water partition coefficient (Wildman–Crippen LogP) is 2.96. The molecule has 0 saturated carbocycles. The van der Waals surface area contributed by atoms with Crippen LogP contribution in [-0.4, -0.2) is 47.8 Å². The zero-order valence-electron chi connectivity index (χ0n) is 15.7. The predicted molar refractivity (Wildman–Crippen MR) is 95.4 cm³/mol. The molecule has 2 atom stereocenters. The van der Waals surface area contributed by atoms with Gasteiger partial charge in [0.25, 0.3) is 5.91 Å². The van der Waals surface area contributed by atoms with Gasteiger partial charge in [-0.3, -0.25) is 4.79 Å². The minimum Gasteiger partial charge on any atom is -0.444 e. The third kappa shape index (κ3) is 4.95. The molecule has 0 spiro atoms. The fraction of sp³-hybridized carbons (Fsp3) is 0.579. The number of hydrogen-bond donors (Lipinski definition) is 1. The van der Waals surface area contributed by atoms with E-state index in [1.54, 1.807) is 4.90 Å². The molecule has 6 nitrogen and oxygen atoms in total. The van der Waals surface area contributed by atoms with Crippen molar-refractivity contribution in [3.8, 4) is 0 Å². The first kappa shape index (κ1) is 19.2. The van der Waals surface area contributed by atoms with Gasteiger partial charge in [0, 0.05) is 18.7 Å². The maximum atomic E-state index is 12.7. The standard InChI is InChI=1S/C19H28N2O4/c1-6-24-12-16(20-18(23)25-19(3,4)5)13(2)21-11-14-9-7-8-10-15(14)17(21)22/h7-10,13,16H,6,11-12H2,1-5H3,(H,20,23)/t13-,16+/m0/s1. The molecule has 0 fully saturated rings. The van der Waals surface area contributed by atoms with Gasteiger partial charge in [-0.1, -0.05) is 18.2 Å². The average Bonchev–Trinajstić information content (AvgIpc) is 2.86. The molecule has 1 aromatic rings. The number of nitrogens with one attached hydrogen (secondary N) is 1. The SMILES string of the molecule is CCOC[C@@H](NC(=O)OC(C)(C)C)[C@H](C)N1Cc2ccccc2C1=O. The van der Waals surface area contributed by atoms with Gasteiger partial charge in [-0.05, 0) is 46.2 Å². The number of rotatable bonds is 6. The number of fused-ring (bicyclic) bond motifs is 1. The summed E-state index contributed by atoms with van der Waals surface area (Å²) < 4.78 is 10.9. The summed E-state index contributed by atoms with van der Waals surface area (Å²) in [5, 5.41) is 2.85. The van der Waals surface area contributed by atoms with Crippen LogP contribution in [0.15, 0.2) is 24.3 Å². The summed E-state index contributed by atoms with van der Waals surface area (Å²) >= 11 is 0. The summed E-state index contributed by atoms with van der Waals surface area (Å²) in [6.07, 6.45) is -0.506. The van der Waals surface area contributed by atoms with Gasteiger partial charge in [0.05, 0.1) is 18.7 Å². The topological polar surface area (TPSA) is 67.9 Å². The van der Waals surface area contributed by atoms with Gasteiger partial charge < -0.3 is 19.7 Å². The van der Waals surface area contributed by atoms with E-state index in [2.05, 4.69) is 5.32 Å². The molecule has 2 amide bonds. The molecule has 1 aliphatic heterocycles. The summed E-state index contributed by atoms with van der Waals surface area (Å²) in [7, 11) is 0. The Morgan fingerprint density at radius 1 is 1.32 bits per heavy atom.